The van der Waals surface area contributed by atoms with Gasteiger partial charge < -0.3 is 10.6 Å². The Morgan fingerprint density at radius 2 is 2.07 bits per heavy atom. The van der Waals surface area contributed by atoms with E-state index in [-0.39, 0.29) is 17.6 Å². The molecule has 1 aliphatic heterocycles. The highest BCUT2D eigenvalue weighted by atomic mass is 16.2. The number of likely N-dealkylation sites (tertiary alicyclic amines) is 1. The molecule has 0 spiro atoms. The van der Waals surface area contributed by atoms with Gasteiger partial charge in [0.1, 0.15) is 5.78 Å². The van der Waals surface area contributed by atoms with Gasteiger partial charge in [-0.2, -0.15) is 0 Å². The first-order chi connectivity index (χ1) is 13.5. The molecule has 1 aromatic carbocycles. The normalized spacial score (nSPS) is 17.0. The van der Waals surface area contributed by atoms with Crippen LogP contribution in [0.4, 0.5) is 0 Å². The summed E-state index contributed by atoms with van der Waals surface area (Å²) in [5.74, 6) is 0.553. The van der Waals surface area contributed by atoms with Gasteiger partial charge in [0.2, 0.25) is 0 Å². The molecule has 0 aliphatic carbocycles. The summed E-state index contributed by atoms with van der Waals surface area (Å²) in [6.07, 6.45) is 3.97. The molecule has 0 bridgehead atoms. The Balaban J connectivity index is 1.69. The summed E-state index contributed by atoms with van der Waals surface area (Å²) in [5, 5.41) is 0. The molecule has 1 aromatic heterocycles. The highest BCUT2D eigenvalue weighted by molar-refractivity contribution is 5.94. The van der Waals surface area contributed by atoms with Crippen LogP contribution < -0.4 is 5.73 Å². The van der Waals surface area contributed by atoms with Gasteiger partial charge in [0.05, 0.1) is 11.3 Å². The van der Waals surface area contributed by atoms with Gasteiger partial charge >= 0.3 is 0 Å². The van der Waals surface area contributed by atoms with Crippen LogP contribution in [0, 0.1) is 11.8 Å². The zero-order chi connectivity index (χ0) is 20.1. The molecule has 28 heavy (non-hydrogen) atoms. The number of pyridine rings is 1. The highest BCUT2D eigenvalue weighted by Crippen LogP contribution is 2.23. The van der Waals surface area contributed by atoms with Crippen molar-refractivity contribution in [3.63, 3.8) is 0 Å². The molecular weight excluding hydrogens is 350 g/mol. The fraction of sp³-hybridized carbons (Fsp3) is 0.435. The maximum absolute atomic E-state index is 12.9. The van der Waals surface area contributed by atoms with Gasteiger partial charge in [-0.1, -0.05) is 32.0 Å². The SMILES string of the molecule is CC(C)CC(=O)[C@@H]1CCCN(C(=O)c2ccc(-c3cccc(CN)c3)nc2)C1. The Kier molecular flexibility index (Phi) is 6.57. The number of piperidine rings is 1. The van der Waals surface area contributed by atoms with E-state index in [2.05, 4.69) is 18.8 Å². The number of carbonyl (C=O) groups excluding carboxylic acids is 2. The zero-order valence-corrected chi connectivity index (χ0v) is 16.7. The molecule has 2 N–H and O–H groups in total. The van der Waals surface area contributed by atoms with Crippen molar-refractivity contribution in [1.29, 1.82) is 0 Å². The lowest BCUT2D eigenvalue weighted by atomic mass is 9.89. The Morgan fingerprint density at radius 1 is 1.25 bits per heavy atom. The smallest absolute Gasteiger partial charge is 0.255 e. The molecular formula is C23H29N3O2. The minimum absolute atomic E-state index is 0.0358. The van der Waals surface area contributed by atoms with Crippen molar-refractivity contribution in [3.8, 4) is 11.3 Å². The minimum atomic E-state index is -0.0446. The number of carbonyl (C=O) groups is 2. The van der Waals surface area contributed by atoms with Gasteiger partial charge in [-0.15, -0.1) is 0 Å². The first-order valence-electron chi connectivity index (χ1n) is 10.1. The van der Waals surface area contributed by atoms with Gasteiger partial charge in [-0.05, 0) is 42.5 Å². The average Bonchev–Trinajstić information content (AvgIpc) is 2.73. The molecule has 5 heteroatoms. The second-order valence-electron chi connectivity index (χ2n) is 7.99. The highest BCUT2D eigenvalue weighted by Gasteiger charge is 2.29. The van der Waals surface area contributed by atoms with Gasteiger partial charge in [0.25, 0.3) is 5.91 Å². The quantitative estimate of drug-likeness (QED) is 0.831. The van der Waals surface area contributed by atoms with E-state index in [1.165, 1.54) is 0 Å². The van der Waals surface area contributed by atoms with E-state index in [0.29, 0.717) is 37.5 Å². The second kappa shape index (κ2) is 9.11. The fourth-order valence-corrected chi connectivity index (χ4v) is 3.72. The van der Waals surface area contributed by atoms with Crippen LogP contribution in [0.3, 0.4) is 0 Å². The molecule has 1 atom stereocenters. The molecule has 5 nitrogen and oxygen atoms in total. The van der Waals surface area contributed by atoms with Crippen molar-refractivity contribution >= 4 is 11.7 Å². The molecule has 0 unspecified atom stereocenters. The van der Waals surface area contributed by atoms with Crippen LogP contribution in [0.5, 0.6) is 0 Å². The number of aromatic nitrogens is 1. The third kappa shape index (κ3) is 4.84. The van der Waals surface area contributed by atoms with Crippen molar-refractivity contribution in [2.75, 3.05) is 13.1 Å². The number of nitrogens with two attached hydrogens (primary N) is 1. The second-order valence-corrected chi connectivity index (χ2v) is 7.99. The van der Waals surface area contributed by atoms with Crippen LogP contribution in [0.2, 0.25) is 0 Å². The number of amides is 1. The average molecular weight is 380 g/mol. The standard InChI is InChI=1S/C23H29N3O2/c1-16(2)11-22(27)20-7-4-10-26(15-20)23(28)19-8-9-21(25-14-19)18-6-3-5-17(12-18)13-24/h3,5-6,8-9,12,14,16,20H,4,7,10-11,13,15,24H2,1-2H3/t20-/m1/s1. The van der Waals surface area contributed by atoms with Crippen LogP contribution in [-0.4, -0.2) is 34.7 Å². The van der Waals surface area contributed by atoms with E-state index < -0.39 is 0 Å². The van der Waals surface area contributed by atoms with Crippen LogP contribution in [0.25, 0.3) is 11.3 Å². The minimum Gasteiger partial charge on any atom is -0.338 e. The van der Waals surface area contributed by atoms with Crippen molar-refractivity contribution in [1.82, 2.24) is 9.88 Å². The maximum atomic E-state index is 12.9. The first-order valence-corrected chi connectivity index (χ1v) is 10.1. The third-order valence-electron chi connectivity index (χ3n) is 5.24. The lowest BCUT2D eigenvalue weighted by Crippen LogP contribution is -2.42. The summed E-state index contributed by atoms with van der Waals surface area (Å²) in [7, 11) is 0. The van der Waals surface area contributed by atoms with Gasteiger partial charge in [-0.3, -0.25) is 14.6 Å². The summed E-state index contributed by atoms with van der Waals surface area (Å²) in [6.45, 7) is 5.81. The molecule has 0 radical (unpaired) electrons. The van der Waals surface area contributed by atoms with E-state index in [1.54, 1.807) is 11.1 Å². The summed E-state index contributed by atoms with van der Waals surface area (Å²) < 4.78 is 0. The van der Waals surface area contributed by atoms with Gasteiger partial charge in [-0.25, -0.2) is 0 Å². The number of hydrogen-bond acceptors (Lipinski definition) is 4. The molecule has 1 aliphatic rings. The Morgan fingerprint density at radius 3 is 2.75 bits per heavy atom. The lowest BCUT2D eigenvalue weighted by Gasteiger charge is -2.32. The fourth-order valence-electron chi connectivity index (χ4n) is 3.72. The lowest BCUT2D eigenvalue weighted by molar-refractivity contribution is -0.124. The van der Waals surface area contributed by atoms with E-state index >= 15 is 0 Å². The molecule has 1 saturated heterocycles. The van der Waals surface area contributed by atoms with Crippen LogP contribution in [-0.2, 0) is 11.3 Å². The molecule has 2 aromatic rings. The van der Waals surface area contributed by atoms with E-state index in [1.807, 2.05) is 36.4 Å². The number of hydrogen-bond donors (Lipinski definition) is 1. The van der Waals surface area contributed by atoms with Gasteiger partial charge in [0.15, 0.2) is 0 Å². The van der Waals surface area contributed by atoms with E-state index in [0.717, 1.165) is 29.7 Å². The molecule has 148 valence electrons. The van der Waals surface area contributed by atoms with Crippen molar-refractivity contribution in [2.45, 2.75) is 39.7 Å². The monoisotopic (exact) mass is 379 g/mol. The van der Waals surface area contributed by atoms with Crippen molar-refractivity contribution in [3.05, 3.63) is 53.7 Å². The number of benzene rings is 1. The van der Waals surface area contributed by atoms with Crippen LogP contribution in [0.1, 0.15) is 49.0 Å². The maximum Gasteiger partial charge on any atom is 0.255 e. The molecule has 3 rings (SSSR count). The molecule has 0 saturated carbocycles. The third-order valence-corrected chi connectivity index (χ3v) is 5.24. The summed E-state index contributed by atoms with van der Waals surface area (Å²) in [5.41, 5.74) is 9.12. The topological polar surface area (TPSA) is 76.3 Å². The Hall–Kier alpha value is -2.53. The summed E-state index contributed by atoms with van der Waals surface area (Å²) in [6, 6.07) is 11.6. The van der Waals surface area contributed by atoms with Crippen LogP contribution >= 0.6 is 0 Å². The number of nitrogens with zero attached hydrogens (tertiary/aromatic N) is 2. The van der Waals surface area contributed by atoms with E-state index in [4.69, 9.17) is 5.73 Å². The number of rotatable bonds is 6. The number of Topliss-reactive ketones (excluding diaryl/α,β-unsaturated/α-hetero) is 1. The summed E-state index contributed by atoms with van der Waals surface area (Å²) in [4.78, 5) is 31.6. The predicted octanol–water partition coefficient (Wildman–Crippen LogP) is 3.67. The predicted molar refractivity (Wildman–Crippen MR) is 111 cm³/mol. The van der Waals surface area contributed by atoms with Crippen molar-refractivity contribution < 1.29 is 9.59 Å². The van der Waals surface area contributed by atoms with Gasteiger partial charge in [0, 0.05) is 43.7 Å². The molecule has 2 heterocycles. The molecule has 1 amide bonds. The molecule has 1 fully saturated rings. The van der Waals surface area contributed by atoms with Crippen LogP contribution in [0.15, 0.2) is 42.6 Å². The zero-order valence-electron chi connectivity index (χ0n) is 16.7. The first kappa shape index (κ1) is 20.2. The largest absolute Gasteiger partial charge is 0.338 e. The van der Waals surface area contributed by atoms with E-state index in [9.17, 15) is 9.59 Å². The Bertz CT molecular complexity index is 830. The van der Waals surface area contributed by atoms with Crippen molar-refractivity contribution in [2.24, 2.45) is 17.6 Å². The summed E-state index contributed by atoms with van der Waals surface area (Å²) >= 11 is 0. The number of ketones is 1. The Labute approximate surface area is 167 Å².